The summed E-state index contributed by atoms with van der Waals surface area (Å²) >= 11 is 0. The molecule has 0 amide bonds. The van der Waals surface area contributed by atoms with Crippen molar-refractivity contribution in [1.29, 1.82) is 0 Å². The van der Waals surface area contributed by atoms with Crippen LogP contribution in [0.5, 0.6) is 0 Å². The minimum absolute atomic E-state index is 0.0932. The van der Waals surface area contributed by atoms with E-state index in [2.05, 4.69) is 4.90 Å². The highest BCUT2D eigenvalue weighted by molar-refractivity contribution is 5.80. The Hall–Kier alpha value is -1.92. The van der Waals surface area contributed by atoms with Crippen molar-refractivity contribution in [3.05, 3.63) is 35.9 Å². The normalized spacial score (nSPS) is 25.4. The SMILES string of the molecule is C[C@@H](OC(=O)Cc1ccccc1)[C@](C)(O)C(=O)OC[C@@H]1CCN2CCC[C@@H]12. The first kappa shape index (κ1) is 19.8. The van der Waals surface area contributed by atoms with Gasteiger partial charge in [-0.2, -0.15) is 0 Å². The van der Waals surface area contributed by atoms with Crippen LogP contribution in [0.25, 0.3) is 0 Å². The molecule has 0 spiro atoms. The Bertz CT molecular complexity index is 660. The van der Waals surface area contributed by atoms with E-state index in [4.69, 9.17) is 9.47 Å². The van der Waals surface area contributed by atoms with Gasteiger partial charge in [-0.05, 0) is 51.8 Å². The summed E-state index contributed by atoms with van der Waals surface area (Å²) in [5.41, 5.74) is -1.06. The van der Waals surface area contributed by atoms with Crippen molar-refractivity contribution in [3.63, 3.8) is 0 Å². The van der Waals surface area contributed by atoms with Gasteiger partial charge in [-0.15, -0.1) is 0 Å². The molecule has 4 atom stereocenters. The predicted molar refractivity (Wildman–Crippen MR) is 100.0 cm³/mol. The number of hydrogen-bond donors (Lipinski definition) is 1. The van der Waals surface area contributed by atoms with E-state index < -0.39 is 23.6 Å². The molecule has 0 radical (unpaired) electrons. The van der Waals surface area contributed by atoms with Crippen molar-refractivity contribution in [2.24, 2.45) is 5.92 Å². The summed E-state index contributed by atoms with van der Waals surface area (Å²) in [6.45, 7) is 5.34. The Morgan fingerprint density at radius 3 is 2.74 bits per heavy atom. The molecule has 2 aliphatic heterocycles. The number of nitrogens with zero attached hydrogens (tertiary/aromatic N) is 1. The Balaban J connectivity index is 1.48. The Morgan fingerprint density at radius 1 is 1.26 bits per heavy atom. The average Bonchev–Trinajstić information content (AvgIpc) is 3.24. The van der Waals surface area contributed by atoms with Gasteiger partial charge in [-0.1, -0.05) is 30.3 Å². The van der Waals surface area contributed by atoms with Gasteiger partial charge < -0.3 is 14.6 Å². The number of esters is 2. The number of carbonyl (C=O) groups excluding carboxylic acids is 2. The van der Waals surface area contributed by atoms with E-state index >= 15 is 0 Å². The van der Waals surface area contributed by atoms with Gasteiger partial charge in [0.2, 0.25) is 0 Å². The van der Waals surface area contributed by atoms with Crippen molar-refractivity contribution in [2.45, 2.75) is 57.3 Å². The van der Waals surface area contributed by atoms with E-state index in [9.17, 15) is 14.7 Å². The van der Waals surface area contributed by atoms with E-state index in [-0.39, 0.29) is 6.42 Å². The van der Waals surface area contributed by atoms with Gasteiger partial charge in [0, 0.05) is 12.0 Å². The van der Waals surface area contributed by atoms with Crippen LogP contribution in [0, 0.1) is 5.92 Å². The summed E-state index contributed by atoms with van der Waals surface area (Å²) in [6, 6.07) is 9.69. The Labute approximate surface area is 160 Å². The molecule has 6 heteroatoms. The highest BCUT2D eigenvalue weighted by atomic mass is 16.6. The molecule has 2 heterocycles. The van der Waals surface area contributed by atoms with Crippen molar-refractivity contribution in [2.75, 3.05) is 19.7 Å². The molecule has 0 aromatic heterocycles. The topological polar surface area (TPSA) is 76.1 Å². The molecule has 1 N–H and O–H groups in total. The Kier molecular flexibility index (Phi) is 6.17. The quantitative estimate of drug-likeness (QED) is 0.734. The summed E-state index contributed by atoms with van der Waals surface area (Å²) in [6.07, 6.45) is 2.46. The van der Waals surface area contributed by atoms with Crippen LogP contribution >= 0.6 is 0 Å². The third-order valence-electron chi connectivity index (χ3n) is 5.88. The fraction of sp³-hybridized carbons (Fsp3) is 0.619. The maximum absolute atomic E-state index is 12.4. The van der Waals surface area contributed by atoms with Crippen LogP contribution in [-0.4, -0.2) is 59.4 Å². The van der Waals surface area contributed by atoms with E-state index in [1.807, 2.05) is 30.3 Å². The number of fused-ring (bicyclic) bond motifs is 1. The molecule has 27 heavy (non-hydrogen) atoms. The van der Waals surface area contributed by atoms with Crippen LogP contribution in [0.15, 0.2) is 30.3 Å². The van der Waals surface area contributed by atoms with E-state index in [0.717, 1.165) is 31.5 Å². The van der Waals surface area contributed by atoms with E-state index in [0.29, 0.717) is 18.6 Å². The zero-order valence-electron chi connectivity index (χ0n) is 16.1. The van der Waals surface area contributed by atoms with Gasteiger partial charge >= 0.3 is 11.9 Å². The molecular formula is C21H29NO5. The zero-order valence-corrected chi connectivity index (χ0v) is 16.1. The van der Waals surface area contributed by atoms with Gasteiger partial charge in [0.1, 0.15) is 6.10 Å². The van der Waals surface area contributed by atoms with E-state index in [1.54, 1.807) is 0 Å². The van der Waals surface area contributed by atoms with Crippen molar-refractivity contribution in [3.8, 4) is 0 Å². The predicted octanol–water partition coefficient (Wildman–Crippen LogP) is 1.94. The zero-order chi connectivity index (χ0) is 19.4. The molecule has 6 nitrogen and oxygen atoms in total. The summed E-state index contributed by atoms with van der Waals surface area (Å²) in [4.78, 5) is 27.0. The highest BCUT2D eigenvalue weighted by Gasteiger charge is 2.43. The van der Waals surface area contributed by atoms with Crippen molar-refractivity contribution < 1.29 is 24.2 Å². The molecule has 0 bridgehead atoms. The average molecular weight is 375 g/mol. The van der Waals surface area contributed by atoms with Crippen LogP contribution in [0.1, 0.15) is 38.7 Å². The molecule has 3 rings (SSSR count). The molecule has 148 valence electrons. The lowest BCUT2D eigenvalue weighted by Gasteiger charge is -2.29. The van der Waals surface area contributed by atoms with Gasteiger partial charge in [-0.25, -0.2) is 4.79 Å². The van der Waals surface area contributed by atoms with E-state index in [1.165, 1.54) is 20.3 Å². The molecule has 2 saturated heterocycles. The highest BCUT2D eigenvalue weighted by Crippen LogP contribution is 2.33. The third-order valence-corrected chi connectivity index (χ3v) is 5.88. The number of rotatable bonds is 7. The number of benzene rings is 1. The molecule has 0 saturated carbocycles. The first-order chi connectivity index (χ1) is 12.9. The molecule has 2 fully saturated rings. The van der Waals surface area contributed by atoms with Crippen LogP contribution in [0.2, 0.25) is 0 Å². The first-order valence-corrected chi connectivity index (χ1v) is 9.75. The van der Waals surface area contributed by atoms with Crippen LogP contribution in [0.4, 0.5) is 0 Å². The van der Waals surface area contributed by atoms with Gasteiger partial charge in [0.05, 0.1) is 13.0 Å². The monoisotopic (exact) mass is 375 g/mol. The summed E-state index contributed by atoms with van der Waals surface area (Å²) in [7, 11) is 0. The lowest BCUT2D eigenvalue weighted by molar-refractivity contribution is -0.184. The fourth-order valence-corrected chi connectivity index (χ4v) is 3.99. The van der Waals surface area contributed by atoms with Crippen LogP contribution in [0.3, 0.4) is 0 Å². The summed E-state index contributed by atoms with van der Waals surface area (Å²) in [5.74, 6) is -0.902. The maximum Gasteiger partial charge on any atom is 0.341 e. The number of ether oxygens (including phenoxy) is 2. The number of aliphatic hydroxyl groups is 1. The second kappa shape index (κ2) is 8.40. The maximum atomic E-state index is 12.4. The molecule has 0 aliphatic carbocycles. The largest absolute Gasteiger partial charge is 0.463 e. The molecular weight excluding hydrogens is 346 g/mol. The number of carbonyl (C=O) groups is 2. The minimum Gasteiger partial charge on any atom is -0.463 e. The fourth-order valence-electron chi connectivity index (χ4n) is 3.99. The van der Waals surface area contributed by atoms with Crippen molar-refractivity contribution in [1.82, 2.24) is 4.90 Å². The Morgan fingerprint density at radius 2 is 2.00 bits per heavy atom. The minimum atomic E-state index is -1.87. The number of hydrogen-bond acceptors (Lipinski definition) is 6. The van der Waals surface area contributed by atoms with Crippen molar-refractivity contribution >= 4 is 11.9 Å². The summed E-state index contributed by atoms with van der Waals surface area (Å²) < 4.78 is 10.7. The van der Waals surface area contributed by atoms with Crippen LogP contribution in [-0.2, 0) is 25.5 Å². The third kappa shape index (κ3) is 4.68. The standard InChI is InChI=1S/C21H29NO5/c1-15(27-19(23)13-16-7-4-3-5-8-16)21(2,25)20(24)26-14-17-10-12-22-11-6-9-18(17)22/h3-5,7-8,15,17-18,25H,6,9-14H2,1-2H3/t15-,17+,18+,21+/m1/s1. The second-order valence-electron chi connectivity index (χ2n) is 7.83. The van der Waals surface area contributed by atoms with Gasteiger partial charge in [0.25, 0.3) is 0 Å². The first-order valence-electron chi connectivity index (χ1n) is 9.75. The lowest BCUT2D eigenvalue weighted by Crippen LogP contribution is -2.49. The van der Waals surface area contributed by atoms with Crippen LogP contribution < -0.4 is 0 Å². The molecule has 1 aromatic rings. The molecule has 2 aliphatic rings. The van der Waals surface area contributed by atoms with Gasteiger partial charge in [0.15, 0.2) is 5.60 Å². The smallest absolute Gasteiger partial charge is 0.341 e. The summed E-state index contributed by atoms with van der Waals surface area (Å²) in [5, 5.41) is 10.6. The molecule has 0 unspecified atom stereocenters. The second-order valence-corrected chi connectivity index (χ2v) is 7.83. The lowest BCUT2D eigenvalue weighted by atomic mass is 9.98. The molecule has 1 aromatic carbocycles. The van der Waals surface area contributed by atoms with Gasteiger partial charge in [-0.3, -0.25) is 9.69 Å².